The Morgan fingerprint density at radius 2 is 2.00 bits per heavy atom. The van der Waals surface area contributed by atoms with Crippen molar-refractivity contribution in [3.8, 4) is 0 Å². The zero-order valence-corrected chi connectivity index (χ0v) is 10.7. The highest BCUT2D eigenvalue weighted by Gasteiger charge is 2.15. The Kier molecular flexibility index (Phi) is 3.85. The van der Waals surface area contributed by atoms with Crippen molar-refractivity contribution >= 4 is 10.9 Å². The van der Waals surface area contributed by atoms with E-state index in [1.807, 2.05) is 0 Å². The normalized spacial score (nSPS) is 13.1. The molecule has 2 rings (SSSR count). The molecule has 0 bridgehead atoms. The van der Waals surface area contributed by atoms with E-state index in [0.717, 1.165) is 19.3 Å². The third-order valence-corrected chi connectivity index (χ3v) is 3.48. The van der Waals surface area contributed by atoms with Crippen LogP contribution in [0.2, 0.25) is 0 Å². The predicted molar refractivity (Wildman–Crippen MR) is 72.3 cm³/mol. The van der Waals surface area contributed by atoms with Crippen LogP contribution >= 0.6 is 0 Å². The molecule has 2 heteroatoms. The van der Waals surface area contributed by atoms with E-state index in [1.54, 1.807) is 0 Å². The van der Waals surface area contributed by atoms with Gasteiger partial charge in [0.15, 0.2) is 0 Å². The number of aliphatic hydroxyl groups is 1. The molecular weight excluding hydrogens is 210 g/mol. The van der Waals surface area contributed by atoms with E-state index in [2.05, 4.69) is 49.0 Å². The molecular formula is C15H21NO. The van der Waals surface area contributed by atoms with Crippen LogP contribution in [-0.2, 0) is 7.05 Å². The lowest BCUT2D eigenvalue weighted by Gasteiger charge is -2.14. The summed E-state index contributed by atoms with van der Waals surface area (Å²) in [4.78, 5) is 0. The van der Waals surface area contributed by atoms with E-state index in [0.29, 0.717) is 5.92 Å². The summed E-state index contributed by atoms with van der Waals surface area (Å²) in [6, 6.07) is 8.51. The minimum atomic E-state index is 0.272. The van der Waals surface area contributed by atoms with Crippen LogP contribution in [0.25, 0.3) is 10.9 Å². The fourth-order valence-electron chi connectivity index (χ4n) is 2.66. The molecule has 0 spiro atoms. The summed E-state index contributed by atoms with van der Waals surface area (Å²) < 4.78 is 2.19. The van der Waals surface area contributed by atoms with Gasteiger partial charge in [-0.05, 0) is 30.4 Å². The quantitative estimate of drug-likeness (QED) is 0.837. The molecule has 17 heavy (non-hydrogen) atoms. The van der Waals surface area contributed by atoms with E-state index in [-0.39, 0.29) is 6.61 Å². The molecule has 1 aromatic heterocycles. The molecule has 2 aromatic rings. The Balaban J connectivity index is 2.45. The summed E-state index contributed by atoms with van der Waals surface area (Å²) in [5, 5.41) is 10.5. The molecule has 1 unspecified atom stereocenters. The molecule has 1 N–H and O–H groups in total. The molecule has 0 saturated heterocycles. The van der Waals surface area contributed by atoms with E-state index >= 15 is 0 Å². The van der Waals surface area contributed by atoms with Gasteiger partial charge in [0.1, 0.15) is 0 Å². The second kappa shape index (κ2) is 5.37. The van der Waals surface area contributed by atoms with Crippen molar-refractivity contribution in [1.82, 2.24) is 4.57 Å². The van der Waals surface area contributed by atoms with Gasteiger partial charge in [-0.25, -0.2) is 0 Å². The van der Waals surface area contributed by atoms with Gasteiger partial charge in [0, 0.05) is 30.8 Å². The minimum Gasteiger partial charge on any atom is -0.396 e. The van der Waals surface area contributed by atoms with Crippen molar-refractivity contribution in [3.63, 3.8) is 0 Å². The molecule has 0 fully saturated rings. The number of aromatic nitrogens is 1. The summed E-state index contributed by atoms with van der Waals surface area (Å²) in [6.45, 7) is 2.48. The zero-order valence-electron chi connectivity index (χ0n) is 10.7. The lowest BCUT2D eigenvalue weighted by molar-refractivity contribution is 0.272. The van der Waals surface area contributed by atoms with Crippen LogP contribution in [0, 0.1) is 0 Å². The molecule has 0 aliphatic carbocycles. The molecule has 92 valence electrons. The molecule has 0 aliphatic heterocycles. The van der Waals surface area contributed by atoms with Crippen molar-refractivity contribution in [2.24, 2.45) is 7.05 Å². The molecule has 1 aromatic carbocycles. The number of nitrogens with zero attached hydrogens (tertiary/aromatic N) is 1. The maximum atomic E-state index is 9.20. The maximum absolute atomic E-state index is 9.20. The van der Waals surface area contributed by atoms with Gasteiger partial charge in [-0.1, -0.05) is 31.5 Å². The van der Waals surface area contributed by atoms with Crippen LogP contribution in [0.15, 0.2) is 30.5 Å². The number of fused-ring (bicyclic) bond motifs is 1. The number of rotatable bonds is 5. The van der Waals surface area contributed by atoms with Crippen LogP contribution in [0.1, 0.15) is 37.7 Å². The highest BCUT2D eigenvalue weighted by atomic mass is 16.3. The van der Waals surface area contributed by atoms with Crippen molar-refractivity contribution in [3.05, 3.63) is 36.0 Å². The van der Waals surface area contributed by atoms with E-state index in [1.165, 1.54) is 16.5 Å². The van der Waals surface area contributed by atoms with Gasteiger partial charge >= 0.3 is 0 Å². The van der Waals surface area contributed by atoms with Gasteiger partial charge in [-0.2, -0.15) is 0 Å². The fraction of sp³-hybridized carbons (Fsp3) is 0.467. The number of hydrogen-bond donors (Lipinski definition) is 1. The lowest BCUT2D eigenvalue weighted by Crippen LogP contribution is -2.00. The summed E-state index contributed by atoms with van der Waals surface area (Å²) in [6.07, 6.45) is 5.39. The SMILES string of the molecule is CCCC(CCO)c1cn(C)c2ccccc12. The summed E-state index contributed by atoms with van der Waals surface area (Å²) in [5.74, 6) is 0.482. The summed E-state index contributed by atoms with van der Waals surface area (Å²) in [7, 11) is 2.09. The van der Waals surface area contributed by atoms with Crippen LogP contribution < -0.4 is 0 Å². The van der Waals surface area contributed by atoms with Crippen molar-refractivity contribution < 1.29 is 5.11 Å². The topological polar surface area (TPSA) is 25.2 Å². The van der Waals surface area contributed by atoms with Crippen LogP contribution in [0.5, 0.6) is 0 Å². The molecule has 0 radical (unpaired) electrons. The standard InChI is InChI=1S/C15H21NO/c1-3-6-12(9-10-17)14-11-16(2)15-8-5-4-7-13(14)15/h4-5,7-8,11-12,17H,3,6,9-10H2,1-2H3. The first-order chi connectivity index (χ1) is 8.27. The van der Waals surface area contributed by atoms with Crippen LogP contribution in [-0.4, -0.2) is 16.3 Å². The van der Waals surface area contributed by atoms with Gasteiger partial charge in [0.05, 0.1) is 0 Å². The van der Waals surface area contributed by atoms with E-state index < -0.39 is 0 Å². The number of aryl methyl sites for hydroxylation is 1. The zero-order chi connectivity index (χ0) is 12.3. The van der Waals surface area contributed by atoms with Gasteiger partial charge in [-0.15, -0.1) is 0 Å². The van der Waals surface area contributed by atoms with Crippen molar-refractivity contribution in [2.75, 3.05) is 6.61 Å². The Morgan fingerprint density at radius 3 is 2.71 bits per heavy atom. The van der Waals surface area contributed by atoms with Gasteiger partial charge < -0.3 is 9.67 Å². The Labute approximate surface area is 103 Å². The molecule has 0 aliphatic rings. The third kappa shape index (κ3) is 2.37. The second-order valence-corrected chi connectivity index (χ2v) is 4.71. The number of hydrogen-bond acceptors (Lipinski definition) is 1. The lowest BCUT2D eigenvalue weighted by atomic mass is 9.91. The monoisotopic (exact) mass is 231 g/mol. The highest BCUT2D eigenvalue weighted by molar-refractivity contribution is 5.84. The number of para-hydroxylation sites is 1. The van der Waals surface area contributed by atoms with Crippen molar-refractivity contribution in [2.45, 2.75) is 32.1 Å². The van der Waals surface area contributed by atoms with Gasteiger partial charge in [0.2, 0.25) is 0 Å². The molecule has 0 saturated carbocycles. The van der Waals surface area contributed by atoms with Gasteiger partial charge in [0.25, 0.3) is 0 Å². The number of aliphatic hydroxyl groups excluding tert-OH is 1. The first kappa shape index (κ1) is 12.2. The number of benzene rings is 1. The average molecular weight is 231 g/mol. The second-order valence-electron chi connectivity index (χ2n) is 4.71. The smallest absolute Gasteiger partial charge is 0.0480 e. The van der Waals surface area contributed by atoms with Crippen LogP contribution in [0.4, 0.5) is 0 Å². The molecule has 2 nitrogen and oxygen atoms in total. The maximum Gasteiger partial charge on any atom is 0.0480 e. The first-order valence-corrected chi connectivity index (χ1v) is 6.42. The third-order valence-electron chi connectivity index (χ3n) is 3.48. The van der Waals surface area contributed by atoms with E-state index in [4.69, 9.17) is 0 Å². The molecule has 1 heterocycles. The fourth-order valence-corrected chi connectivity index (χ4v) is 2.66. The first-order valence-electron chi connectivity index (χ1n) is 6.42. The molecule has 0 amide bonds. The van der Waals surface area contributed by atoms with Crippen molar-refractivity contribution in [1.29, 1.82) is 0 Å². The predicted octanol–water partition coefficient (Wildman–Crippen LogP) is 3.44. The highest BCUT2D eigenvalue weighted by Crippen LogP contribution is 2.32. The summed E-state index contributed by atoms with van der Waals surface area (Å²) >= 11 is 0. The van der Waals surface area contributed by atoms with Gasteiger partial charge in [-0.3, -0.25) is 0 Å². The van der Waals surface area contributed by atoms with Crippen LogP contribution in [0.3, 0.4) is 0 Å². The average Bonchev–Trinajstić information content (AvgIpc) is 2.67. The minimum absolute atomic E-state index is 0.272. The van der Waals surface area contributed by atoms with E-state index in [9.17, 15) is 5.11 Å². The molecule has 1 atom stereocenters. The Morgan fingerprint density at radius 1 is 1.24 bits per heavy atom. The Hall–Kier alpha value is -1.28. The Bertz CT molecular complexity index is 481. The largest absolute Gasteiger partial charge is 0.396 e. The summed E-state index contributed by atoms with van der Waals surface area (Å²) in [5.41, 5.74) is 2.67.